The summed E-state index contributed by atoms with van der Waals surface area (Å²) in [4.78, 5) is 9.43. The Balaban J connectivity index is 2.37. The Labute approximate surface area is 135 Å². The smallest absolute Gasteiger partial charge is 0.159 e. The van der Waals surface area contributed by atoms with Gasteiger partial charge in [-0.3, -0.25) is 0 Å². The maximum Gasteiger partial charge on any atom is 0.159 e. The lowest BCUT2D eigenvalue weighted by Gasteiger charge is -2.17. The first-order valence-electron chi connectivity index (χ1n) is 7.34. The molecule has 0 aliphatic heterocycles. The molecule has 3 nitrogen and oxygen atoms in total. The van der Waals surface area contributed by atoms with Gasteiger partial charge in [-0.1, -0.05) is 41.9 Å². The topological polar surface area (TPSA) is 37.8 Å². The first-order chi connectivity index (χ1) is 10.0. The van der Waals surface area contributed by atoms with E-state index in [4.69, 9.17) is 9.97 Å². The molecule has 1 aromatic heterocycles. The van der Waals surface area contributed by atoms with Crippen molar-refractivity contribution < 1.29 is 0 Å². The van der Waals surface area contributed by atoms with E-state index < -0.39 is 0 Å². The normalized spacial score (nSPS) is 12.4. The predicted octanol–water partition coefficient (Wildman–Crippen LogP) is 4.24. The fourth-order valence-electron chi connectivity index (χ4n) is 2.66. The summed E-state index contributed by atoms with van der Waals surface area (Å²) in [7, 11) is 0. The lowest BCUT2D eigenvalue weighted by molar-refractivity contribution is 0.624. The maximum absolute atomic E-state index is 4.71. The Hall–Kier alpha value is -1.26. The second-order valence-electron chi connectivity index (χ2n) is 5.35. The molecule has 0 radical (unpaired) electrons. The molecule has 1 aromatic carbocycles. The van der Waals surface area contributed by atoms with Crippen LogP contribution in [0.5, 0.6) is 0 Å². The zero-order valence-corrected chi connectivity index (χ0v) is 14.7. The van der Waals surface area contributed by atoms with Gasteiger partial charge < -0.3 is 5.32 Å². The molecule has 0 saturated carbocycles. The van der Waals surface area contributed by atoms with E-state index in [0.717, 1.165) is 40.3 Å². The fraction of sp³-hybridized carbons (Fsp3) is 0.412. The molecule has 0 aliphatic rings. The second-order valence-corrected chi connectivity index (χ2v) is 6.27. The van der Waals surface area contributed by atoms with E-state index in [1.165, 1.54) is 5.56 Å². The number of aromatic nitrogens is 2. The molecule has 1 heterocycles. The van der Waals surface area contributed by atoms with E-state index >= 15 is 0 Å². The summed E-state index contributed by atoms with van der Waals surface area (Å²) in [5, 5.41) is 3.39. The third-order valence-corrected chi connectivity index (χ3v) is 4.10. The largest absolute Gasteiger partial charge is 0.316 e. The lowest BCUT2D eigenvalue weighted by Crippen LogP contribution is -2.21. The quantitative estimate of drug-likeness (QED) is 0.878. The van der Waals surface area contributed by atoms with E-state index in [0.29, 0.717) is 5.92 Å². The van der Waals surface area contributed by atoms with Gasteiger partial charge in [0, 0.05) is 28.0 Å². The molecule has 0 aliphatic carbocycles. The third-order valence-electron chi connectivity index (χ3n) is 3.60. The number of likely N-dealkylation sites (N-methyl/N-ethyl adjacent to an activating group) is 1. The maximum atomic E-state index is 4.71. The number of hydrogen-bond donors (Lipinski definition) is 1. The Bertz CT molecular complexity index is 602. The van der Waals surface area contributed by atoms with Crippen LogP contribution in [0, 0.1) is 13.8 Å². The van der Waals surface area contributed by atoms with Gasteiger partial charge in [0.2, 0.25) is 0 Å². The molecule has 0 saturated heterocycles. The fourth-order valence-corrected chi connectivity index (χ4v) is 3.06. The molecule has 2 aromatic rings. The van der Waals surface area contributed by atoms with Gasteiger partial charge in [0.1, 0.15) is 0 Å². The molecule has 1 N–H and O–H groups in total. The van der Waals surface area contributed by atoms with Crippen LogP contribution < -0.4 is 5.32 Å². The molecule has 21 heavy (non-hydrogen) atoms. The summed E-state index contributed by atoms with van der Waals surface area (Å²) in [5.41, 5.74) is 4.45. The average Bonchev–Trinajstić information content (AvgIpc) is 2.44. The van der Waals surface area contributed by atoms with Gasteiger partial charge in [0.15, 0.2) is 5.82 Å². The molecule has 0 spiro atoms. The number of nitrogens with zero attached hydrogens (tertiary/aromatic N) is 2. The van der Waals surface area contributed by atoms with E-state index in [9.17, 15) is 0 Å². The Morgan fingerprint density at radius 1 is 1.19 bits per heavy atom. The third kappa shape index (κ3) is 3.89. The summed E-state index contributed by atoms with van der Waals surface area (Å²) in [6, 6.07) is 8.11. The minimum absolute atomic E-state index is 0.418. The van der Waals surface area contributed by atoms with Crippen molar-refractivity contribution in [3.63, 3.8) is 0 Å². The van der Waals surface area contributed by atoms with Crippen LogP contribution in [0.3, 0.4) is 0 Å². The highest BCUT2D eigenvalue weighted by Gasteiger charge is 2.15. The van der Waals surface area contributed by atoms with Crippen LogP contribution in [0.25, 0.3) is 11.4 Å². The predicted molar refractivity (Wildman–Crippen MR) is 91.6 cm³/mol. The lowest BCUT2D eigenvalue weighted by atomic mass is 9.97. The average molecular weight is 348 g/mol. The van der Waals surface area contributed by atoms with Crippen molar-refractivity contribution in [3.8, 4) is 11.4 Å². The van der Waals surface area contributed by atoms with Crippen molar-refractivity contribution in [2.45, 2.75) is 33.6 Å². The Morgan fingerprint density at radius 2 is 1.86 bits per heavy atom. The SMILES string of the molecule is CCNCC(C)c1c(C)nc(-c2cccc(Br)c2)nc1C. The summed E-state index contributed by atoms with van der Waals surface area (Å²) < 4.78 is 1.04. The number of aryl methyl sites for hydroxylation is 2. The van der Waals surface area contributed by atoms with Gasteiger partial charge in [-0.05, 0) is 44.0 Å². The molecule has 1 atom stereocenters. The van der Waals surface area contributed by atoms with Crippen LogP contribution in [0.1, 0.15) is 36.7 Å². The van der Waals surface area contributed by atoms with Gasteiger partial charge in [0.25, 0.3) is 0 Å². The van der Waals surface area contributed by atoms with Gasteiger partial charge in [-0.2, -0.15) is 0 Å². The van der Waals surface area contributed by atoms with Crippen LogP contribution in [0.4, 0.5) is 0 Å². The van der Waals surface area contributed by atoms with Crippen LogP contribution in [-0.2, 0) is 0 Å². The molecule has 2 rings (SSSR count). The zero-order chi connectivity index (χ0) is 15.4. The summed E-state index contributed by atoms with van der Waals surface area (Å²) in [5.74, 6) is 1.22. The first kappa shape index (κ1) is 16.1. The van der Waals surface area contributed by atoms with Gasteiger partial charge in [0.05, 0.1) is 0 Å². The standard InChI is InChI=1S/C17H22BrN3/c1-5-19-10-11(2)16-12(3)20-17(21-13(16)4)14-7-6-8-15(18)9-14/h6-9,11,19H,5,10H2,1-4H3. The second kappa shape index (κ2) is 7.14. The highest BCUT2D eigenvalue weighted by molar-refractivity contribution is 9.10. The number of hydrogen-bond acceptors (Lipinski definition) is 3. The molecule has 4 heteroatoms. The number of nitrogens with one attached hydrogen (secondary N) is 1. The van der Waals surface area contributed by atoms with Crippen LogP contribution >= 0.6 is 15.9 Å². The highest BCUT2D eigenvalue weighted by Crippen LogP contribution is 2.25. The summed E-state index contributed by atoms with van der Waals surface area (Å²) >= 11 is 3.50. The van der Waals surface area contributed by atoms with Crippen molar-refractivity contribution in [1.29, 1.82) is 0 Å². The minimum Gasteiger partial charge on any atom is -0.316 e. The molecular weight excluding hydrogens is 326 g/mol. The van der Waals surface area contributed by atoms with Crippen LogP contribution in [-0.4, -0.2) is 23.1 Å². The number of benzene rings is 1. The number of halogens is 1. The summed E-state index contributed by atoms with van der Waals surface area (Å²) in [6.07, 6.45) is 0. The van der Waals surface area contributed by atoms with Crippen LogP contribution in [0.2, 0.25) is 0 Å². The highest BCUT2D eigenvalue weighted by atomic mass is 79.9. The van der Waals surface area contributed by atoms with E-state index in [1.807, 2.05) is 18.2 Å². The van der Waals surface area contributed by atoms with Crippen molar-refractivity contribution in [3.05, 3.63) is 45.7 Å². The molecule has 0 fully saturated rings. The zero-order valence-electron chi connectivity index (χ0n) is 13.1. The molecule has 0 bridgehead atoms. The first-order valence-corrected chi connectivity index (χ1v) is 8.14. The molecule has 1 unspecified atom stereocenters. The van der Waals surface area contributed by atoms with Gasteiger partial charge >= 0.3 is 0 Å². The van der Waals surface area contributed by atoms with Crippen molar-refractivity contribution in [2.75, 3.05) is 13.1 Å². The molecular formula is C17H22BrN3. The van der Waals surface area contributed by atoms with E-state index in [1.54, 1.807) is 0 Å². The molecule has 0 amide bonds. The monoisotopic (exact) mass is 347 g/mol. The van der Waals surface area contributed by atoms with Crippen molar-refractivity contribution >= 4 is 15.9 Å². The van der Waals surface area contributed by atoms with Crippen molar-refractivity contribution in [1.82, 2.24) is 15.3 Å². The van der Waals surface area contributed by atoms with E-state index in [2.05, 4.69) is 55.0 Å². The van der Waals surface area contributed by atoms with Crippen molar-refractivity contribution in [2.24, 2.45) is 0 Å². The summed E-state index contributed by atoms with van der Waals surface area (Å²) in [6.45, 7) is 10.4. The number of rotatable bonds is 5. The Kier molecular flexibility index (Phi) is 5.48. The van der Waals surface area contributed by atoms with Crippen LogP contribution in [0.15, 0.2) is 28.7 Å². The minimum atomic E-state index is 0.418. The Morgan fingerprint density at radius 3 is 2.43 bits per heavy atom. The van der Waals surface area contributed by atoms with Gasteiger partial charge in [-0.15, -0.1) is 0 Å². The van der Waals surface area contributed by atoms with Gasteiger partial charge in [-0.25, -0.2) is 9.97 Å². The molecule has 112 valence electrons. The van der Waals surface area contributed by atoms with E-state index in [-0.39, 0.29) is 0 Å².